The molecule has 0 heterocycles. The number of alkyl halides is 1. The van der Waals surface area contributed by atoms with E-state index in [1.807, 2.05) is 20.8 Å². The molecule has 0 rings (SSSR count). The monoisotopic (exact) mass is 160 g/mol. The molecule has 0 aromatic carbocycles. The quantitative estimate of drug-likeness (QED) is 0.414. The zero-order valence-corrected chi connectivity index (χ0v) is 7.29. The van der Waals surface area contributed by atoms with E-state index in [1.165, 1.54) is 0 Å². The van der Waals surface area contributed by atoms with E-state index >= 15 is 0 Å². The normalized spacial score (nSPS) is 10.9. The Balaban J connectivity index is 3.53. The summed E-state index contributed by atoms with van der Waals surface area (Å²) in [6, 6.07) is 0. The van der Waals surface area contributed by atoms with Crippen molar-refractivity contribution < 1.29 is 4.39 Å². The smallest absolute Gasteiger partial charge is 0.188 e. The van der Waals surface area contributed by atoms with Crippen LogP contribution in [0.1, 0.15) is 20.8 Å². The second-order valence-electron chi connectivity index (χ2n) is 3.37. The van der Waals surface area contributed by atoms with Crippen molar-refractivity contribution in [1.82, 2.24) is 10.6 Å². The maximum atomic E-state index is 11.6. The highest BCUT2D eigenvalue weighted by Crippen LogP contribution is 1.96. The Morgan fingerprint density at radius 2 is 2.00 bits per heavy atom. The number of hydrogen-bond acceptors (Lipinski definition) is 1. The summed E-state index contributed by atoms with van der Waals surface area (Å²) in [7, 11) is 0. The van der Waals surface area contributed by atoms with Gasteiger partial charge in [-0.25, -0.2) is 4.39 Å². The Morgan fingerprint density at radius 3 is 2.36 bits per heavy atom. The molecule has 3 nitrogen and oxygen atoms in total. The van der Waals surface area contributed by atoms with Crippen LogP contribution in [-0.4, -0.2) is 24.7 Å². The van der Waals surface area contributed by atoms with E-state index in [2.05, 4.69) is 10.6 Å². The number of nitrogens with one attached hydrogen (secondary N) is 3. The summed E-state index contributed by atoms with van der Waals surface area (Å²) in [6.45, 7) is 5.58. The van der Waals surface area contributed by atoms with Crippen LogP contribution >= 0.6 is 0 Å². The number of rotatable bonds is 2. The first-order valence-corrected chi connectivity index (χ1v) is 3.62. The number of guanidine groups is 1. The molecule has 0 amide bonds. The summed E-state index contributed by atoms with van der Waals surface area (Å²) in [5.74, 6) is 0.176. The third kappa shape index (κ3) is 7.09. The summed E-state index contributed by atoms with van der Waals surface area (Å²) >= 11 is 0. The lowest BCUT2D eigenvalue weighted by Gasteiger charge is -2.22. The van der Waals surface area contributed by atoms with Crippen LogP contribution in [0, 0.1) is 5.41 Å². The standard InChI is InChI=1S/C7H16FN3/c1-7(2,3)11-6(9)10-5-4-8/h4-5H2,1-3H3,(H3,9,10,11)/i8-1. The maximum Gasteiger partial charge on any atom is 0.188 e. The summed E-state index contributed by atoms with van der Waals surface area (Å²) in [6.07, 6.45) is 0. The second-order valence-corrected chi connectivity index (χ2v) is 3.37. The van der Waals surface area contributed by atoms with Crippen LogP contribution < -0.4 is 10.6 Å². The largest absolute Gasteiger partial charge is 0.354 e. The molecule has 0 saturated heterocycles. The molecule has 0 aromatic heterocycles. The average molecular weight is 160 g/mol. The SMILES string of the molecule is CC(C)(C)NC(=N)NCC[18F]. The molecular formula is C7H16FN3. The molecule has 0 aliphatic rings. The molecule has 0 fully saturated rings. The summed E-state index contributed by atoms with van der Waals surface area (Å²) < 4.78 is 11.6. The van der Waals surface area contributed by atoms with E-state index in [0.29, 0.717) is 0 Å². The third-order valence-corrected chi connectivity index (χ3v) is 0.896. The fourth-order valence-electron chi connectivity index (χ4n) is 0.591. The fraction of sp³-hybridized carbons (Fsp3) is 0.857. The first-order valence-electron chi connectivity index (χ1n) is 3.62. The number of halogens is 1. The van der Waals surface area contributed by atoms with Crippen molar-refractivity contribution in [3.8, 4) is 0 Å². The van der Waals surface area contributed by atoms with Crippen molar-refractivity contribution in [3.05, 3.63) is 0 Å². The molecule has 0 aliphatic carbocycles. The molecule has 0 saturated carbocycles. The summed E-state index contributed by atoms with van der Waals surface area (Å²) in [5, 5.41) is 12.7. The van der Waals surface area contributed by atoms with Gasteiger partial charge in [-0.05, 0) is 20.8 Å². The molecule has 0 aromatic rings. The first-order chi connectivity index (χ1) is 4.95. The molecule has 0 atom stereocenters. The topological polar surface area (TPSA) is 47.9 Å². The lowest BCUT2D eigenvalue weighted by atomic mass is 10.1. The van der Waals surface area contributed by atoms with Gasteiger partial charge in [-0.1, -0.05) is 0 Å². The predicted octanol–water partition coefficient (Wildman–Crippen LogP) is 0.868. The number of hydrogen-bond donors (Lipinski definition) is 3. The average Bonchev–Trinajstić information content (AvgIpc) is 1.79. The Morgan fingerprint density at radius 1 is 1.45 bits per heavy atom. The highest BCUT2D eigenvalue weighted by atomic mass is 18.2. The van der Waals surface area contributed by atoms with Gasteiger partial charge in [0, 0.05) is 12.1 Å². The van der Waals surface area contributed by atoms with E-state index < -0.39 is 6.67 Å². The Hall–Kier alpha value is -0.800. The van der Waals surface area contributed by atoms with E-state index in [4.69, 9.17) is 5.41 Å². The van der Waals surface area contributed by atoms with Gasteiger partial charge in [0.05, 0.1) is 0 Å². The Kier molecular flexibility index (Phi) is 3.85. The molecule has 4 heteroatoms. The minimum absolute atomic E-state index is 0.138. The van der Waals surface area contributed by atoms with Gasteiger partial charge in [0.2, 0.25) is 0 Å². The molecule has 0 aliphatic heterocycles. The molecule has 0 radical (unpaired) electrons. The van der Waals surface area contributed by atoms with Crippen LogP contribution in [0.25, 0.3) is 0 Å². The fourth-order valence-corrected chi connectivity index (χ4v) is 0.591. The van der Waals surface area contributed by atoms with E-state index in [1.54, 1.807) is 0 Å². The molecule has 66 valence electrons. The molecule has 0 unspecified atom stereocenters. The lowest BCUT2D eigenvalue weighted by Crippen LogP contribution is -2.47. The molecule has 0 spiro atoms. The van der Waals surface area contributed by atoms with Crippen LogP contribution in [0.15, 0.2) is 0 Å². The van der Waals surface area contributed by atoms with Crippen LogP contribution in [0.5, 0.6) is 0 Å². The van der Waals surface area contributed by atoms with Gasteiger partial charge in [0.25, 0.3) is 0 Å². The van der Waals surface area contributed by atoms with Gasteiger partial charge in [-0.2, -0.15) is 0 Å². The second kappa shape index (κ2) is 4.16. The minimum Gasteiger partial charge on any atom is -0.354 e. The summed E-state index contributed by atoms with van der Waals surface area (Å²) in [5.41, 5.74) is -0.138. The third-order valence-electron chi connectivity index (χ3n) is 0.896. The van der Waals surface area contributed by atoms with Crippen LogP contribution in [-0.2, 0) is 0 Å². The van der Waals surface area contributed by atoms with Crippen LogP contribution in [0.3, 0.4) is 0 Å². The molecule has 0 bridgehead atoms. The van der Waals surface area contributed by atoms with Crippen molar-refractivity contribution in [2.75, 3.05) is 13.2 Å². The first kappa shape index (κ1) is 10.2. The maximum absolute atomic E-state index is 11.6. The van der Waals surface area contributed by atoms with Gasteiger partial charge < -0.3 is 10.6 Å². The van der Waals surface area contributed by atoms with Crippen molar-refractivity contribution >= 4 is 5.96 Å². The van der Waals surface area contributed by atoms with E-state index in [9.17, 15) is 4.39 Å². The summed E-state index contributed by atoms with van der Waals surface area (Å²) in [4.78, 5) is 0. The van der Waals surface area contributed by atoms with Gasteiger partial charge >= 0.3 is 0 Å². The Bertz CT molecular complexity index is 128. The van der Waals surface area contributed by atoms with E-state index in [-0.39, 0.29) is 18.0 Å². The minimum atomic E-state index is -0.450. The Labute approximate surface area is 66.9 Å². The molecular weight excluding hydrogens is 144 g/mol. The van der Waals surface area contributed by atoms with E-state index in [0.717, 1.165) is 0 Å². The molecule has 11 heavy (non-hydrogen) atoms. The van der Waals surface area contributed by atoms with Gasteiger partial charge in [-0.15, -0.1) is 0 Å². The van der Waals surface area contributed by atoms with Gasteiger partial charge in [0.15, 0.2) is 5.96 Å². The van der Waals surface area contributed by atoms with Crippen molar-refractivity contribution in [3.63, 3.8) is 0 Å². The zero-order chi connectivity index (χ0) is 8.91. The van der Waals surface area contributed by atoms with Gasteiger partial charge in [-0.3, -0.25) is 5.41 Å². The molecule has 3 N–H and O–H groups in total. The van der Waals surface area contributed by atoms with Crippen molar-refractivity contribution in [1.29, 1.82) is 5.41 Å². The highest BCUT2D eigenvalue weighted by Gasteiger charge is 2.09. The predicted molar refractivity (Wildman–Crippen MR) is 44.6 cm³/mol. The van der Waals surface area contributed by atoms with Gasteiger partial charge in [0.1, 0.15) is 6.67 Å². The highest BCUT2D eigenvalue weighted by molar-refractivity contribution is 5.77. The van der Waals surface area contributed by atoms with Crippen molar-refractivity contribution in [2.45, 2.75) is 26.3 Å². The van der Waals surface area contributed by atoms with Crippen molar-refractivity contribution in [2.24, 2.45) is 0 Å². The zero-order valence-electron chi connectivity index (χ0n) is 7.29. The van der Waals surface area contributed by atoms with Crippen LogP contribution in [0.2, 0.25) is 0 Å². The van der Waals surface area contributed by atoms with Crippen LogP contribution in [0.4, 0.5) is 4.39 Å². The lowest BCUT2D eigenvalue weighted by molar-refractivity contribution is 0.472.